The summed E-state index contributed by atoms with van der Waals surface area (Å²) < 4.78 is 46.8. The van der Waals surface area contributed by atoms with Crippen LogP contribution in [0, 0.1) is 17.2 Å². The first-order valence-corrected chi connectivity index (χ1v) is 15.7. The number of esters is 1. The summed E-state index contributed by atoms with van der Waals surface area (Å²) in [5.41, 5.74) is 1.20. The predicted molar refractivity (Wildman–Crippen MR) is 177 cm³/mol. The van der Waals surface area contributed by atoms with Crippen LogP contribution in [-0.2, 0) is 27.0 Å². The molecule has 10 heteroatoms. The second-order valence-electron chi connectivity index (χ2n) is 13.4. The van der Waals surface area contributed by atoms with Crippen LogP contribution in [0.15, 0.2) is 84.1 Å². The Labute approximate surface area is 279 Å². The largest absolute Gasteiger partial charge is 0.459 e. The van der Waals surface area contributed by atoms with E-state index < -0.39 is 35.3 Å². The summed E-state index contributed by atoms with van der Waals surface area (Å²) >= 11 is 0. The van der Waals surface area contributed by atoms with Gasteiger partial charge in [-0.1, -0.05) is 56.3 Å². The van der Waals surface area contributed by atoms with Crippen LogP contribution in [-0.4, -0.2) is 28.3 Å². The summed E-state index contributed by atoms with van der Waals surface area (Å²) in [7, 11) is 0. The van der Waals surface area contributed by atoms with Gasteiger partial charge in [-0.3, -0.25) is 14.5 Å². The molecule has 0 bridgehead atoms. The van der Waals surface area contributed by atoms with E-state index in [0.717, 1.165) is 22.6 Å². The van der Waals surface area contributed by atoms with Gasteiger partial charge in [-0.25, -0.2) is 4.79 Å². The highest BCUT2D eigenvalue weighted by Gasteiger charge is 2.42. The number of amides is 2. The monoisotopic (exact) mass is 659 g/mol. The van der Waals surface area contributed by atoms with Crippen LogP contribution in [0.1, 0.15) is 94.7 Å². The molecule has 3 aromatic carbocycles. The van der Waals surface area contributed by atoms with Gasteiger partial charge in [0, 0.05) is 17.8 Å². The van der Waals surface area contributed by atoms with Crippen molar-refractivity contribution in [3.05, 3.63) is 112 Å². The number of anilines is 1. The van der Waals surface area contributed by atoms with Gasteiger partial charge in [-0.2, -0.15) is 18.4 Å². The van der Waals surface area contributed by atoms with Crippen LogP contribution >= 0.6 is 0 Å². The van der Waals surface area contributed by atoms with Crippen molar-refractivity contribution >= 4 is 23.5 Å². The van der Waals surface area contributed by atoms with E-state index in [-0.39, 0.29) is 41.2 Å². The molecule has 1 aliphatic rings. The molecule has 1 aliphatic heterocycles. The van der Waals surface area contributed by atoms with E-state index in [4.69, 9.17) is 4.74 Å². The van der Waals surface area contributed by atoms with Gasteiger partial charge < -0.3 is 9.64 Å². The first-order valence-electron chi connectivity index (χ1n) is 15.7. The Balaban J connectivity index is 1.82. The van der Waals surface area contributed by atoms with Crippen molar-refractivity contribution in [2.45, 2.75) is 85.2 Å². The molecule has 1 heterocycles. The minimum absolute atomic E-state index is 0.00934. The molecule has 0 fully saturated rings. The lowest BCUT2D eigenvalue weighted by atomic mass is 9.88. The van der Waals surface area contributed by atoms with E-state index in [1.807, 2.05) is 46.8 Å². The summed E-state index contributed by atoms with van der Waals surface area (Å²) in [6.45, 7) is 12.4. The number of nitriles is 1. The number of hydrogen-bond acceptors (Lipinski definition) is 5. The van der Waals surface area contributed by atoms with Gasteiger partial charge in [-0.05, 0) is 94.0 Å². The third-order valence-electron chi connectivity index (χ3n) is 8.05. The average Bonchev–Trinajstić information content (AvgIpc) is 3.00. The Hall–Kier alpha value is -4.91. The highest BCUT2D eigenvalue weighted by molar-refractivity contribution is 6.04. The molecule has 4 rings (SSSR count). The van der Waals surface area contributed by atoms with Gasteiger partial charge in [0.25, 0.3) is 0 Å². The SMILES string of the molecule is CC(=O)C1=C(C)N(c2cccc(C(F)(F)F)c2)C(=O)N(Cc2ccc(C(CC(C)C)C(=O)OC(C)(C)C)cc2)C1c1ccc(C#N)cc1. The Morgan fingerprint density at radius 2 is 1.60 bits per heavy atom. The number of nitrogens with zero attached hydrogens (tertiary/aromatic N) is 3. The summed E-state index contributed by atoms with van der Waals surface area (Å²) in [6, 6.07) is 18.7. The highest BCUT2D eigenvalue weighted by atomic mass is 19.4. The number of carbonyl (C=O) groups excluding carboxylic acids is 3. The molecule has 2 amide bonds. The molecule has 3 aromatic rings. The summed E-state index contributed by atoms with van der Waals surface area (Å²) in [6.07, 6.45) is -4.08. The molecule has 0 N–H and O–H groups in total. The Bertz CT molecular complexity index is 1750. The van der Waals surface area contributed by atoms with Gasteiger partial charge in [0.05, 0.1) is 34.8 Å². The number of Topliss-reactive ketones (excluding diaryl/α,β-unsaturated/α-hetero) is 1. The third-order valence-corrected chi connectivity index (χ3v) is 8.05. The third kappa shape index (κ3) is 8.14. The van der Waals surface area contributed by atoms with Crippen LogP contribution in [0.2, 0.25) is 0 Å². The quantitative estimate of drug-likeness (QED) is 0.214. The van der Waals surface area contributed by atoms with Crippen molar-refractivity contribution in [2.24, 2.45) is 5.92 Å². The van der Waals surface area contributed by atoms with Crippen LogP contribution in [0.25, 0.3) is 0 Å². The maximum Gasteiger partial charge on any atom is 0.416 e. The van der Waals surface area contributed by atoms with Gasteiger partial charge in [0.1, 0.15) is 5.60 Å². The number of rotatable bonds is 9. The summed E-state index contributed by atoms with van der Waals surface area (Å²) in [4.78, 5) is 43.5. The number of ether oxygens (including phenoxy) is 1. The van der Waals surface area contributed by atoms with E-state index in [2.05, 4.69) is 6.07 Å². The number of halogens is 3. The van der Waals surface area contributed by atoms with Crippen molar-refractivity contribution < 1.29 is 32.3 Å². The van der Waals surface area contributed by atoms with Crippen LogP contribution in [0.4, 0.5) is 23.7 Å². The van der Waals surface area contributed by atoms with E-state index in [0.29, 0.717) is 23.1 Å². The molecule has 7 nitrogen and oxygen atoms in total. The number of urea groups is 1. The fraction of sp³-hybridized carbons (Fsp3) is 0.368. The summed E-state index contributed by atoms with van der Waals surface area (Å²) in [5.74, 6) is -0.990. The molecule has 2 unspecified atom stereocenters. The molecule has 0 spiro atoms. The van der Waals surface area contributed by atoms with Crippen molar-refractivity contribution in [1.29, 1.82) is 5.26 Å². The lowest BCUT2D eigenvalue weighted by molar-refractivity contribution is -0.157. The summed E-state index contributed by atoms with van der Waals surface area (Å²) in [5, 5.41) is 9.36. The minimum atomic E-state index is -4.64. The standard InChI is InChI=1S/C38H40F3N3O4/c1-23(2)19-32(35(46)48-37(5,6)7)28-15-13-27(14-16-28)22-43-34(29-17-11-26(21-42)12-18-29)33(25(4)45)24(3)44(36(43)47)31-10-8-9-30(20-31)38(39,40)41/h8-18,20,23,32,34H,19,22H2,1-7H3. The normalized spacial score (nSPS) is 16.2. The predicted octanol–water partition coefficient (Wildman–Crippen LogP) is 9.09. The fourth-order valence-electron chi connectivity index (χ4n) is 5.94. The zero-order chi connectivity index (χ0) is 35.6. The van der Waals surface area contributed by atoms with Gasteiger partial charge in [0.15, 0.2) is 5.78 Å². The molecular formula is C38H40F3N3O4. The fourth-order valence-corrected chi connectivity index (χ4v) is 5.94. The van der Waals surface area contributed by atoms with Gasteiger partial charge in [0.2, 0.25) is 0 Å². The number of hydrogen-bond donors (Lipinski definition) is 0. The van der Waals surface area contributed by atoms with Crippen molar-refractivity contribution in [2.75, 3.05) is 4.90 Å². The molecule has 0 aliphatic carbocycles. The highest BCUT2D eigenvalue weighted by Crippen LogP contribution is 2.42. The van der Waals surface area contributed by atoms with Crippen molar-refractivity contribution in [3.63, 3.8) is 0 Å². The number of alkyl halides is 3. The lowest BCUT2D eigenvalue weighted by Crippen LogP contribution is -2.50. The number of carbonyl (C=O) groups is 3. The molecule has 0 saturated heterocycles. The Morgan fingerprint density at radius 1 is 0.979 bits per heavy atom. The van der Waals surface area contributed by atoms with Crippen LogP contribution in [0.5, 0.6) is 0 Å². The number of allylic oxidation sites excluding steroid dienone is 1. The van der Waals surface area contributed by atoms with Crippen LogP contribution in [0.3, 0.4) is 0 Å². The zero-order valence-corrected chi connectivity index (χ0v) is 28.2. The van der Waals surface area contributed by atoms with Crippen molar-refractivity contribution in [3.8, 4) is 6.07 Å². The number of benzene rings is 3. The van der Waals surface area contributed by atoms with Crippen LogP contribution < -0.4 is 4.90 Å². The molecule has 252 valence electrons. The molecule has 0 aromatic heterocycles. The molecular weight excluding hydrogens is 619 g/mol. The molecule has 2 atom stereocenters. The Kier molecular flexibility index (Phi) is 10.5. The molecule has 0 radical (unpaired) electrons. The maximum atomic E-state index is 14.4. The zero-order valence-electron chi connectivity index (χ0n) is 28.2. The number of ketones is 1. The van der Waals surface area contributed by atoms with Crippen molar-refractivity contribution in [1.82, 2.24) is 4.90 Å². The van der Waals surface area contributed by atoms with E-state index in [9.17, 15) is 32.8 Å². The van der Waals surface area contributed by atoms with E-state index in [1.165, 1.54) is 24.0 Å². The minimum Gasteiger partial charge on any atom is -0.459 e. The maximum absolute atomic E-state index is 14.4. The van der Waals surface area contributed by atoms with E-state index >= 15 is 0 Å². The first-order chi connectivity index (χ1) is 22.4. The average molecular weight is 660 g/mol. The smallest absolute Gasteiger partial charge is 0.416 e. The second-order valence-corrected chi connectivity index (χ2v) is 13.4. The molecule has 0 saturated carbocycles. The Morgan fingerprint density at radius 3 is 2.12 bits per heavy atom. The second kappa shape index (κ2) is 14.1. The molecule has 48 heavy (non-hydrogen) atoms. The van der Waals surface area contributed by atoms with Gasteiger partial charge in [-0.15, -0.1) is 0 Å². The topological polar surface area (TPSA) is 90.7 Å². The van der Waals surface area contributed by atoms with Gasteiger partial charge >= 0.3 is 18.2 Å². The lowest BCUT2D eigenvalue weighted by Gasteiger charge is -2.43. The first kappa shape index (κ1) is 35.9. The van der Waals surface area contributed by atoms with E-state index in [1.54, 1.807) is 43.3 Å².